The molecule has 3 aromatic rings. The van der Waals surface area contributed by atoms with Gasteiger partial charge in [0.2, 0.25) is 0 Å². The van der Waals surface area contributed by atoms with Crippen molar-refractivity contribution in [1.82, 2.24) is 14.6 Å². The average molecular weight is 336 g/mol. The van der Waals surface area contributed by atoms with Crippen LogP contribution in [0.3, 0.4) is 0 Å². The maximum Gasteiger partial charge on any atom is 0.337 e. The summed E-state index contributed by atoms with van der Waals surface area (Å²) in [4.78, 5) is 19.0. The van der Waals surface area contributed by atoms with Crippen molar-refractivity contribution in [2.75, 3.05) is 19.1 Å². The van der Waals surface area contributed by atoms with Crippen LogP contribution in [0.1, 0.15) is 24.4 Å². The number of urea groups is 1. The van der Waals surface area contributed by atoms with Crippen LogP contribution in [0.5, 0.6) is 5.75 Å². The first kappa shape index (κ1) is 15.5. The highest BCUT2D eigenvalue weighted by molar-refractivity contribution is 5.85. The molecule has 2 heterocycles. The number of nitrogens with one attached hydrogen (secondary N) is 1. The Balaban J connectivity index is 1.54. The molecule has 1 fully saturated rings. The smallest absolute Gasteiger partial charge is 0.337 e. The van der Waals surface area contributed by atoms with Crippen LogP contribution >= 0.6 is 0 Å². The maximum absolute atomic E-state index is 12.8. The standard InChI is InChI=1S/C19H20N4O2/c1-25-15-10-8-14(9-11-15)17-7-4-12-22(17)19(24)21-23-13-20-16-5-2-3-6-18(16)23/h2-3,5-6,8-11,13,17H,4,7,12H2,1H3,(H,21,24)/t17-/m1/s1. The number of likely N-dealkylation sites (tertiary alicyclic amines) is 1. The second kappa shape index (κ2) is 6.47. The van der Waals surface area contributed by atoms with Crippen molar-refractivity contribution in [3.8, 4) is 5.75 Å². The molecule has 1 aliphatic rings. The molecule has 25 heavy (non-hydrogen) atoms. The van der Waals surface area contributed by atoms with Gasteiger partial charge in [0, 0.05) is 6.54 Å². The zero-order chi connectivity index (χ0) is 17.2. The number of fused-ring (bicyclic) bond motifs is 1. The first-order valence-corrected chi connectivity index (χ1v) is 8.40. The lowest BCUT2D eigenvalue weighted by molar-refractivity contribution is 0.204. The molecule has 0 unspecified atom stereocenters. The van der Waals surface area contributed by atoms with Crippen LogP contribution < -0.4 is 10.2 Å². The quantitative estimate of drug-likeness (QED) is 0.796. The summed E-state index contributed by atoms with van der Waals surface area (Å²) in [6.07, 6.45) is 3.60. The van der Waals surface area contributed by atoms with Gasteiger partial charge in [-0.15, -0.1) is 0 Å². The molecule has 128 valence electrons. The summed E-state index contributed by atoms with van der Waals surface area (Å²) in [5, 5.41) is 0. The third kappa shape index (κ3) is 2.91. The van der Waals surface area contributed by atoms with E-state index in [0.717, 1.165) is 41.7 Å². The fraction of sp³-hybridized carbons (Fsp3) is 0.263. The van der Waals surface area contributed by atoms with E-state index < -0.39 is 0 Å². The monoisotopic (exact) mass is 336 g/mol. The maximum atomic E-state index is 12.8. The highest BCUT2D eigenvalue weighted by Crippen LogP contribution is 2.32. The van der Waals surface area contributed by atoms with Gasteiger partial charge in [-0.05, 0) is 42.7 Å². The molecule has 1 atom stereocenters. The predicted molar refractivity (Wildman–Crippen MR) is 96.2 cm³/mol. The minimum atomic E-state index is -0.110. The number of rotatable bonds is 3. The van der Waals surface area contributed by atoms with Crippen LogP contribution in [0.25, 0.3) is 11.0 Å². The van der Waals surface area contributed by atoms with E-state index in [9.17, 15) is 4.79 Å². The van der Waals surface area contributed by atoms with Crippen LogP contribution in [0.15, 0.2) is 54.9 Å². The fourth-order valence-corrected chi connectivity index (χ4v) is 3.40. The Morgan fingerprint density at radius 2 is 2.00 bits per heavy atom. The number of ether oxygens (including phenoxy) is 1. The Labute approximate surface area is 146 Å². The summed E-state index contributed by atoms with van der Waals surface area (Å²) in [5.41, 5.74) is 5.82. The number of amides is 2. The molecule has 4 rings (SSSR count). The molecule has 0 bridgehead atoms. The Hall–Kier alpha value is -3.02. The Morgan fingerprint density at radius 3 is 2.80 bits per heavy atom. The lowest BCUT2D eigenvalue weighted by Crippen LogP contribution is -2.38. The number of aromatic nitrogens is 2. The first-order chi connectivity index (χ1) is 12.3. The fourth-order valence-electron chi connectivity index (χ4n) is 3.40. The molecule has 6 nitrogen and oxygen atoms in total. The van der Waals surface area contributed by atoms with E-state index in [2.05, 4.69) is 10.4 Å². The minimum absolute atomic E-state index is 0.0840. The van der Waals surface area contributed by atoms with Gasteiger partial charge < -0.3 is 9.64 Å². The molecular formula is C19H20N4O2. The number of carbonyl (C=O) groups excluding carboxylic acids is 1. The summed E-state index contributed by atoms with van der Waals surface area (Å²) in [6, 6.07) is 15.6. The number of nitrogens with zero attached hydrogens (tertiary/aromatic N) is 3. The van der Waals surface area contributed by atoms with Crippen molar-refractivity contribution in [2.45, 2.75) is 18.9 Å². The summed E-state index contributed by atoms with van der Waals surface area (Å²) in [5.74, 6) is 0.822. The number of methoxy groups -OCH3 is 1. The average Bonchev–Trinajstić information content (AvgIpc) is 3.29. The summed E-state index contributed by atoms with van der Waals surface area (Å²) < 4.78 is 6.90. The first-order valence-electron chi connectivity index (χ1n) is 8.40. The third-order valence-electron chi connectivity index (χ3n) is 4.68. The normalized spacial score (nSPS) is 17.0. The van der Waals surface area contributed by atoms with Gasteiger partial charge in [-0.2, -0.15) is 0 Å². The molecule has 2 amide bonds. The van der Waals surface area contributed by atoms with Gasteiger partial charge in [-0.1, -0.05) is 24.3 Å². The molecule has 1 aliphatic heterocycles. The second-order valence-corrected chi connectivity index (χ2v) is 6.14. The summed E-state index contributed by atoms with van der Waals surface area (Å²) in [6.45, 7) is 0.745. The molecule has 0 radical (unpaired) electrons. The van der Waals surface area contributed by atoms with E-state index in [4.69, 9.17) is 4.74 Å². The van der Waals surface area contributed by atoms with Gasteiger partial charge in [-0.3, -0.25) is 0 Å². The SMILES string of the molecule is COc1ccc([C@H]2CCCN2C(=O)Nn2cnc3ccccc32)cc1. The molecule has 6 heteroatoms. The lowest BCUT2D eigenvalue weighted by Gasteiger charge is -2.25. The van der Waals surface area contributed by atoms with Crippen molar-refractivity contribution in [3.05, 3.63) is 60.4 Å². The van der Waals surface area contributed by atoms with Gasteiger partial charge in [0.1, 0.15) is 12.1 Å². The summed E-state index contributed by atoms with van der Waals surface area (Å²) >= 11 is 0. The van der Waals surface area contributed by atoms with E-state index in [-0.39, 0.29) is 12.1 Å². The molecule has 2 aromatic carbocycles. The van der Waals surface area contributed by atoms with Crippen molar-refractivity contribution in [3.63, 3.8) is 0 Å². The van der Waals surface area contributed by atoms with Crippen molar-refractivity contribution in [1.29, 1.82) is 0 Å². The number of carbonyl (C=O) groups is 1. The van der Waals surface area contributed by atoms with E-state index in [1.165, 1.54) is 0 Å². The lowest BCUT2D eigenvalue weighted by atomic mass is 10.0. The Bertz CT molecular complexity index is 888. The van der Waals surface area contributed by atoms with Gasteiger partial charge in [0.15, 0.2) is 0 Å². The minimum Gasteiger partial charge on any atom is -0.497 e. The van der Waals surface area contributed by atoms with Gasteiger partial charge in [0.25, 0.3) is 0 Å². The van der Waals surface area contributed by atoms with E-state index >= 15 is 0 Å². The van der Waals surface area contributed by atoms with Crippen LogP contribution in [0.4, 0.5) is 4.79 Å². The second-order valence-electron chi connectivity index (χ2n) is 6.14. The van der Waals surface area contributed by atoms with E-state index in [1.54, 1.807) is 18.1 Å². The number of para-hydroxylation sites is 2. The highest BCUT2D eigenvalue weighted by atomic mass is 16.5. The van der Waals surface area contributed by atoms with Crippen molar-refractivity contribution < 1.29 is 9.53 Å². The number of benzene rings is 2. The largest absolute Gasteiger partial charge is 0.497 e. The van der Waals surface area contributed by atoms with Crippen molar-refractivity contribution >= 4 is 17.1 Å². The molecular weight excluding hydrogens is 316 g/mol. The predicted octanol–water partition coefficient (Wildman–Crippen LogP) is 3.55. The van der Waals surface area contributed by atoms with Gasteiger partial charge in [0.05, 0.1) is 24.2 Å². The number of imidazole rings is 1. The molecule has 0 saturated carbocycles. The van der Waals surface area contributed by atoms with E-state index in [1.807, 2.05) is 53.4 Å². The molecule has 1 N–H and O–H groups in total. The van der Waals surface area contributed by atoms with Crippen LogP contribution in [-0.2, 0) is 0 Å². The summed E-state index contributed by atoms with van der Waals surface area (Å²) in [7, 11) is 1.65. The number of hydrogen-bond acceptors (Lipinski definition) is 3. The zero-order valence-electron chi connectivity index (χ0n) is 14.1. The van der Waals surface area contributed by atoms with Crippen LogP contribution in [0, 0.1) is 0 Å². The number of hydrogen-bond donors (Lipinski definition) is 1. The third-order valence-corrected chi connectivity index (χ3v) is 4.68. The molecule has 0 aliphatic carbocycles. The highest BCUT2D eigenvalue weighted by Gasteiger charge is 2.30. The molecule has 1 aromatic heterocycles. The molecule has 0 spiro atoms. The topological polar surface area (TPSA) is 59.4 Å². The van der Waals surface area contributed by atoms with Gasteiger partial charge in [-0.25, -0.2) is 19.9 Å². The van der Waals surface area contributed by atoms with Crippen molar-refractivity contribution in [2.24, 2.45) is 0 Å². The van der Waals surface area contributed by atoms with E-state index in [0.29, 0.717) is 0 Å². The Kier molecular flexibility index (Phi) is 4.01. The van der Waals surface area contributed by atoms with Crippen LogP contribution in [-0.4, -0.2) is 34.2 Å². The van der Waals surface area contributed by atoms with Gasteiger partial charge >= 0.3 is 6.03 Å². The molecule has 1 saturated heterocycles. The zero-order valence-corrected chi connectivity index (χ0v) is 14.1. The Morgan fingerprint density at radius 1 is 1.20 bits per heavy atom. The van der Waals surface area contributed by atoms with Crippen LogP contribution in [0.2, 0.25) is 0 Å².